The van der Waals surface area contributed by atoms with E-state index in [2.05, 4.69) is 5.32 Å². The van der Waals surface area contributed by atoms with Gasteiger partial charge in [0.15, 0.2) is 0 Å². The Labute approximate surface area is 148 Å². The maximum absolute atomic E-state index is 10.2. The Morgan fingerprint density at radius 3 is 1.91 bits per heavy atom. The number of aryl methyl sites for hydroxylation is 1. The summed E-state index contributed by atoms with van der Waals surface area (Å²) in [5.41, 5.74) is 1.81. The molecule has 1 aliphatic carbocycles. The number of carbonyl (C=O) groups excluding carboxylic acids is 1. The van der Waals surface area contributed by atoms with Crippen LogP contribution in [0.2, 0.25) is 10.0 Å². The minimum absolute atomic E-state index is 0.678. The lowest BCUT2D eigenvalue weighted by atomic mass is 9.94. The monoisotopic (exact) mass is 351 g/mol. The Bertz CT molecular complexity index is 577. The van der Waals surface area contributed by atoms with Gasteiger partial charge in [0.05, 0.1) is 0 Å². The van der Waals surface area contributed by atoms with Crippen molar-refractivity contribution in [3.8, 4) is 0 Å². The molecule has 0 atom stereocenters. The summed E-state index contributed by atoms with van der Waals surface area (Å²) in [6, 6.07) is 15.4. The molecule has 23 heavy (non-hydrogen) atoms. The molecule has 1 N–H and O–H groups in total. The van der Waals surface area contributed by atoms with Gasteiger partial charge in [0, 0.05) is 21.7 Å². The molecule has 1 fully saturated rings. The summed E-state index contributed by atoms with van der Waals surface area (Å²) in [7, 11) is 2.03. The van der Waals surface area contributed by atoms with Gasteiger partial charge >= 0.3 is 0 Å². The highest BCUT2D eigenvalue weighted by atomic mass is 35.5. The molecule has 1 saturated carbocycles. The van der Waals surface area contributed by atoms with Crippen molar-refractivity contribution in [1.29, 1.82) is 0 Å². The van der Waals surface area contributed by atoms with E-state index in [0.717, 1.165) is 23.5 Å². The zero-order chi connectivity index (χ0) is 17.1. The third kappa shape index (κ3) is 8.17. The molecule has 4 heteroatoms. The van der Waals surface area contributed by atoms with Gasteiger partial charge in [-0.15, -0.1) is 0 Å². The van der Waals surface area contributed by atoms with Gasteiger partial charge in [-0.25, -0.2) is 0 Å². The molecule has 0 amide bonds. The standard InChI is InChI=1S/C8H8O.C6H4Cl2.C5H11N/c1-7-4-2-3-5-8(7)6-9;7-5-2-1-3-6(8)4-5;1-6-5-3-2-4-5/h2-6H,1H3;1-4H;5-6H,2-4H2,1H3. The van der Waals surface area contributed by atoms with Crippen molar-refractivity contribution in [3.63, 3.8) is 0 Å². The van der Waals surface area contributed by atoms with Gasteiger partial charge in [0.1, 0.15) is 6.29 Å². The molecule has 0 spiro atoms. The first-order chi connectivity index (χ1) is 11.1. The predicted octanol–water partition coefficient (Wildman–Crippen LogP) is 5.56. The summed E-state index contributed by atoms with van der Waals surface area (Å²) in [5.74, 6) is 0. The van der Waals surface area contributed by atoms with E-state index >= 15 is 0 Å². The zero-order valence-electron chi connectivity index (χ0n) is 13.6. The van der Waals surface area contributed by atoms with E-state index in [4.69, 9.17) is 23.2 Å². The average Bonchev–Trinajstić information content (AvgIpc) is 2.48. The maximum Gasteiger partial charge on any atom is 0.150 e. The third-order valence-electron chi connectivity index (χ3n) is 3.62. The fourth-order valence-electron chi connectivity index (χ4n) is 1.88. The number of halogens is 2. The molecule has 124 valence electrons. The van der Waals surface area contributed by atoms with Crippen molar-refractivity contribution in [2.75, 3.05) is 7.05 Å². The van der Waals surface area contributed by atoms with Crippen molar-refractivity contribution < 1.29 is 4.79 Å². The van der Waals surface area contributed by atoms with Crippen LogP contribution in [0, 0.1) is 6.92 Å². The molecule has 0 heterocycles. The first-order valence-electron chi connectivity index (χ1n) is 7.66. The Balaban J connectivity index is 0.000000176. The summed E-state index contributed by atoms with van der Waals surface area (Å²) >= 11 is 11.1. The summed E-state index contributed by atoms with van der Waals surface area (Å²) in [4.78, 5) is 10.2. The van der Waals surface area contributed by atoms with Crippen LogP contribution in [0.3, 0.4) is 0 Å². The second kappa shape index (κ2) is 11.2. The lowest BCUT2D eigenvalue weighted by Gasteiger charge is -2.23. The Morgan fingerprint density at radius 2 is 1.65 bits per heavy atom. The van der Waals surface area contributed by atoms with Crippen LogP contribution < -0.4 is 5.32 Å². The second-order valence-corrected chi connectivity index (χ2v) is 6.20. The molecule has 2 aromatic carbocycles. The topological polar surface area (TPSA) is 29.1 Å². The van der Waals surface area contributed by atoms with Crippen LogP contribution in [-0.2, 0) is 0 Å². The summed E-state index contributed by atoms with van der Waals surface area (Å²) < 4.78 is 0. The second-order valence-electron chi connectivity index (χ2n) is 5.33. The Hall–Kier alpha value is -1.35. The number of rotatable bonds is 2. The van der Waals surface area contributed by atoms with E-state index in [1.54, 1.807) is 18.2 Å². The van der Waals surface area contributed by atoms with Gasteiger partial charge in [-0.3, -0.25) is 4.79 Å². The molecule has 2 nitrogen and oxygen atoms in total. The largest absolute Gasteiger partial charge is 0.317 e. The van der Waals surface area contributed by atoms with Crippen LogP contribution in [0.15, 0.2) is 48.5 Å². The van der Waals surface area contributed by atoms with E-state index in [1.807, 2.05) is 44.3 Å². The van der Waals surface area contributed by atoms with Crippen LogP contribution >= 0.6 is 23.2 Å². The number of aldehydes is 1. The lowest BCUT2D eigenvalue weighted by molar-refractivity contribution is 0.112. The SMILES string of the molecule is CNC1CCC1.Cc1ccccc1C=O.Clc1cccc(Cl)c1. The fourth-order valence-corrected chi connectivity index (χ4v) is 2.31. The molecule has 0 radical (unpaired) electrons. The minimum Gasteiger partial charge on any atom is -0.317 e. The van der Waals surface area contributed by atoms with Crippen molar-refractivity contribution in [1.82, 2.24) is 5.32 Å². The van der Waals surface area contributed by atoms with Crippen molar-refractivity contribution in [2.24, 2.45) is 0 Å². The predicted molar refractivity (Wildman–Crippen MR) is 99.7 cm³/mol. The highest BCUT2D eigenvalue weighted by molar-refractivity contribution is 6.34. The lowest BCUT2D eigenvalue weighted by Crippen LogP contribution is -2.31. The van der Waals surface area contributed by atoms with Crippen molar-refractivity contribution in [2.45, 2.75) is 32.2 Å². The smallest absolute Gasteiger partial charge is 0.150 e. The van der Waals surface area contributed by atoms with Gasteiger partial charge in [-0.05, 0) is 50.6 Å². The van der Waals surface area contributed by atoms with E-state index in [0.29, 0.717) is 10.0 Å². The molecule has 0 aromatic heterocycles. The van der Waals surface area contributed by atoms with Crippen LogP contribution in [-0.4, -0.2) is 19.4 Å². The highest BCUT2D eigenvalue weighted by Crippen LogP contribution is 2.16. The first-order valence-corrected chi connectivity index (χ1v) is 8.41. The molecule has 0 bridgehead atoms. The zero-order valence-corrected chi connectivity index (χ0v) is 15.1. The van der Waals surface area contributed by atoms with E-state index in [1.165, 1.54) is 19.3 Å². The molecule has 0 saturated heterocycles. The number of benzene rings is 2. The maximum atomic E-state index is 10.2. The van der Waals surface area contributed by atoms with Gasteiger partial charge in [0.25, 0.3) is 0 Å². The molecular formula is C19H23Cl2NO. The normalized spacial score (nSPS) is 12.9. The number of nitrogens with one attached hydrogen (secondary N) is 1. The number of hydrogen-bond acceptors (Lipinski definition) is 2. The average molecular weight is 352 g/mol. The van der Waals surface area contributed by atoms with Gasteiger partial charge in [-0.2, -0.15) is 0 Å². The van der Waals surface area contributed by atoms with Crippen molar-refractivity contribution >= 4 is 29.5 Å². The van der Waals surface area contributed by atoms with Crippen LogP contribution in [0.5, 0.6) is 0 Å². The Kier molecular flexibility index (Phi) is 9.61. The van der Waals surface area contributed by atoms with Crippen molar-refractivity contribution in [3.05, 3.63) is 69.7 Å². The molecule has 3 rings (SSSR count). The molecule has 2 aromatic rings. The number of carbonyl (C=O) groups is 1. The molecular weight excluding hydrogens is 329 g/mol. The fraction of sp³-hybridized carbons (Fsp3) is 0.316. The quantitative estimate of drug-likeness (QED) is 0.717. The molecule has 0 unspecified atom stereocenters. The van der Waals surface area contributed by atoms with Gasteiger partial charge < -0.3 is 5.32 Å². The van der Waals surface area contributed by atoms with Crippen LogP contribution in [0.4, 0.5) is 0 Å². The van der Waals surface area contributed by atoms with Crippen LogP contribution in [0.1, 0.15) is 35.2 Å². The summed E-state index contributed by atoms with van der Waals surface area (Å²) in [6.45, 7) is 1.92. The number of hydrogen-bond donors (Lipinski definition) is 1. The first kappa shape index (κ1) is 19.7. The van der Waals surface area contributed by atoms with E-state index in [-0.39, 0.29) is 0 Å². The highest BCUT2D eigenvalue weighted by Gasteiger charge is 2.13. The molecule has 1 aliphatic rings. The van der Waals surface area contributed by atoms with Gasteiger partial charge in [-0.1, -0.05) is 60.0 Å². The third-order valence-corrected chi connectivity index (χ3v) is 4.09. The summed E-state index contributed by atoms with van der Waals surface area (Å²) in [6.07, 6.45) is 5.10. The molecule has 0 aliphatic heterocycles. The van der Waals surface area contributed by atoms with E-state index in [9.17, 15) is 4.79 Å². The summed E-state index contributed by atoms with van der Waals surface area (Å²) in [5, 5.41) is 4.56. The Morgan fingerprint density at radius 1 is 1.04 bits per heavy atom. The van der Waals surface area contributed by atoms with Crippen LogP contribution in [0.25, 0.3) is 0 Å². The minimum atomic E-state index is 0.678. The van der Waals surface area contributed by atoms with Gasteiger partial charge in [0.2, 0.25) is 0 Å². The van der Waals surface area contributed by atoms with E-state index < -0.39 is 0 Å².